The van der Waals surface area contributed by atoms with Crippen molar-refractivity contribution < 1.29 is 14.3 Å². The molecule has 3 nitrogen and oxygen atoms in total. The highest BCUT2D eigenvalue weighted by Gasteiger charge is 2.70. The number of rotatable bonds is 9. The first-order valence-electron chi connectivity index (χ1n) is 16.9. The summed E-state index contributed by atoms with van der Waals surface area (Å²) in [5.74, 6) is 2.79. The van der Waals surface area contributed by atoms with E-state index in [1.165, 1.54) is 24.8 Å². The molecule has 0 radical (unpaired) electrons. The highest BCUT2D eigenvalue weighted by molar-refractivity contribution is 5.92. The molecule has 0 spiro atoms. The van der Waals surface area contributed by atoms with Crippen LogP contribution >= 0.6 is 0 Å². The molecule has 1 aromatic rings. The van der Waals surface area contributed by atoms with Gasteiger partial charge in [-0.2, -0.15) is 0 Å². The van der Waals surface area contributed by atoms with Gasteiger partial charge in [0, 0.05) is 11.8 Å². The van der Waals surface area contributed by atoms with Gasteiger partial charge in [-0.1, -0.05) is 104 Å². The van der Waals surface area contributed by atoms with Gasteiger partial charge in [-0.3, -0.25) is 4.79 Å². The third-order valence-corrected chi connectivity index (χ3v) is 13.2. The summed E-state index contributed by atoms with van der Waals surface area (Å²) in [5.41, 5.74) is 1.58. The van der Waals surface area contributed by atoms with Crippen molar-refractivity contribution in [1.82, 2.24) is 0 Å². The lowest BCUT2D eigenvalue weighted by molar-refractivity contribution is -0.144. The Labute approximate surface area is 256 Å². The van der Waals surface area contributed by atoms with E-state index in [1.807, 2.05) is 36.4 Å². The first kappa shape index (κ1) is 31.3. The lowest BCUT2D eigenvalue weighted by atomic mass is 9.40. The second kappa shape index (κ2) is 11.4. The number of Topliss-reactive ketones (excluding diaryl/α,β-unsaturated/α-hetero) is 1. The number of esters is 1. The first-order valence-corrected chi connectivity index (χ1v) is 16.9. The molecule has 0 bridgehead atoms. The van der Waals surface area contributed by atoms with E-state index < -0.39 is 5.41 Å². The molecular weight excluding hydrogens is 516 g/mol. The van der Waals surface area contributed by atoms with Crippen molar-refractivity contribution in [2.24, 2.45) is 51.2 Å². The quantitative estimate of drug-likeness (QED) is 0.218. The summed E-state index contributed by atoms with van der Waals surface area (Å²) in [4.78, 5) is 27.5. The molecule has 0 N–H and O–H groups in total. The molecule has 3 saturated carbocycles. The molecular formula is C39H56O3. The summed E-state index contributed by atoms with van der Waals surface area (Å²) >= 11 is 0. The fraction of sp³-hybridized carbons (Fsp3) is 0.692. The van der Waals surface area contributed by atoms with Crippen LogP contribution in [-0.2, 0) is 9.53 Å². The largest absolute Gasteiger partial charge is 0.458 e. The number of carbonyl (C=O) groups excluding carboxylic acids is 2. The number of ketones is 1. The summed E-state index contributed by atoms with van der Waals surface area (Å²) in [7, 11) is 0. The minimum absolute atomic E-state index is 0.0149. The Bertz CT molecular complexity index is 1210. The molecule has 1 aromatic carbocycles. The molecule has 0 saturated heterocycles. The van der Waals surface area contributed by atoms with Crippen LogP contribution in [0.15, 0.2) is 54.6 Å². The van der Waals surface area contributed by atoms with Crippen LogP contribution in [0.3, 0.4) is 0 Å². The molecule has 0 aliphatic heterocycles. The number of benzene rings is 1. The molecule has 3 heteroatoms. The van der Waals surface area contributed by atoms with Crippen LogP contribution in [0.2, 0.25) is 0 Å². The van der Waals surface area contributed by atoms with Crippen LogP contribution in [0.4, 0.5) is 0 Å². The van der Waals surface area contributed by atoms with Crippen molar-refractivity contribution in [3.63, 3.8) is 0 Å². The normalized spacial score (nSPS) is 37.7. The SMILES string of the molecule is C=CC[C@@]12C(=O)C[C@H]([C@H](C)CCCC(C)C)[C@@]1(C)CC[C@H]1C2=CC[C@H]2C(C)(C)[C@@H](OC(=O)c3ccccc3)CC[C@]12C. The maximum Gasteiger partial charge on any atom is 0.338 e. The van der Waals surface area contributed by atoms with E-state index in [-0.39, 0.29) is 28.3 Å². The Balaban J connectivity index is 1.45. The predicted octanol–water partition coefficient (Wildman–Crippen LogP) is 10.0. The zero-order valence-corrected chi connectivity index (χ0v) is 27.5. The van der Waals surface area contributed by atoms with Crippen molar-refractivity contribution in [2.75, 3.05) is 0 Å². The lowest BCUT2D eigenvalue weighted by Gasteiger charge is -2.64. The Morgan fingerprint density at radius 1 is 1.05 bits per heavy atom. The average molecular weight is 573 g/mol. The summed E-state index contributed by atoms with van der Waals surface area (Å²) in [5, 5.41) is 0. The number of hydrogen-bond acceptors (Lipinski definition) is 3. The molecule has 8 atom stereocenters. The topological polar surface area (TPSA) is 43.4 Å². The molecule has 4 aliphatic carbocycles. The molecule has 0 aromatic heterocycles. The van der Waals surface area contributed by atoms with E-state index >= 15 is 0 Å². The van der Waals surface area contributed by atoms with Gasteiger partial charge in [0.1, 0.15) is 11.9 Å². The molecule has 0 unspecified atom stereocenters. The van der Waals surface area contributed by atoms with Crippen molar-refractivity contribution >= 4 is 11.8 Å². The third kappa shape index (κ3) is 4.76. The highest BCUT2D eigenvalue weighted by Crippen LogP contribution is 2.73. The highest BCUT2D eigenvalue weighted by atomic mass is 16.5. The van der Waals surface area contributed by atoms with E-state index in [4.69, 9.17) is 4.74 Å². The van der Waals surface area contributed by atoms with Gasteiger partial charge in [0.25, 0.3) is 0 Å². The van der Waals surface area contributed by atoms with Gasteiger partial charge >= 0.3 is 5.97 Å². The standard InChI is InChI=1S/C39H56O3/c1-9-22-39-30-18-19-32-36(5,6)34(42-35(41)28-16-11-10-12-17-28)21-23-37(32,7)29(30)20-24-38(39,8)31(25-33(39)40)27(4)15-13-14-26(2)3/h9-12,16-18,26-27,29,31-32,34H,1,13-15,19-25H2,2-8H3/t27-,29+,31-,32+,34+,37-,38-,39-/m1/s1. The van der Waals surface area contributed by atoms with Crippen molar-refractivity contribution in [3.8, 4) is 0 Å². The number of hydrogen-bond donors (Lipinski definition) is 0. The Hall–Kier alpha value is -2.16. The van der Waals surface area contributed by atoms with Gasteiger partial charge < -0.3 is 4.74 Å². The van der Waals surface area contributed by atoms with Crippen molar-refractivity contribution in [1.29, 1.82) is 0 Å². The van der Waals surface area contributed by atoms with E-state index in [2.05, 4.69) is 61.1 Å². The summed E-state index contributed by atoms with van der Waals surface area (Å²) < 4.78 is 6.24. The molecule has 5 rings (SSSR count). The minimum atomic E-state index is -0.413. The maximum atomic E-state index is 14.4. The molecule has 0 heterocycles. The van der Waals surface area contributed by atoms with Crippen LogP contribution in [0.25, 0.3) is 0 Å². The van der Waals surface area contributed by atoms with Crippen LogP contribution in [0.1, 0.15) is 123 Å². The van der Waals surface area contributed by atoms with E-state index in [0.29, 0.717) is 35.0 Å². The first-order chi connectivity index (χ1) is 19.8. The van der Waals surface area contributed by atoms with Crippen LogP contribution in [0, 0.1) is 51.2 Å². The van der Waals surface area contributed by atoms with Crippen molar-refractivity contribution in [2.45, 2.75) is 119 Å². The monoisotopic (exact) mass is 572 g/mol. The number of fused-ring (bicyclic) bond motifs is 5. The van der Waals surface area contributed by atoms with Crippen LogP contribution in [0.5, 0.6) is 0 Å². The molecule has 0 amide bonds. The van der Waals surface area contributed by atoms with Gasteiger partial charge in [0.05, 0.1) is 11.0 Å². The summed E-state index contributed by atoms with van der Waals surface area (Å²) in [6, 6.07) is 9.40. The molecule has 4 aliphatic rings. The van der Waals surface area contributed by atoms with E-state index in [1.54, 1.807) is 0 Å². The Kier molecular flexibility index (Phi) is 8.49. The third-order valence-electron chi connectivity index (χ3n) is 13.2. The predicted molar refractivity (Wildman–Crippen MR) is 172 cm³/mol. The lowest BCUT2D eigenvalue weighted by Crippen LogP contribution is -2.60. The number of allylic oxidation sites excluding steroid dienone is 3. The zero-order valence-electron chi connectivity index (χ0n) is 27.5. The Morgan fingerprint density at radius 2 is 1.76 bits per heavy atom. The summed E-state index contributed by atoms with van der Waals surface area (Å²) in [6.07, 6.45) is 14.8. The van der Waals surface area contributed by atoms with Crippen molar-refractivity contribution in [3.05, 3.63) is 60.2 Å². The van der Waals surface area contributed by atoms with Gasteiger partial charge in [-0.15, -0.1) is 6.58 Å². The molecule has 42 heavy (non-hydrogen) atoms. The van der Waals surface area contributed by atoms with E-state index in [9.17, 15) is 9.59 Å². The van der Waals surface area contributed by atoms with Gasteiger partial charge in [0.2, 0.25) is 0 Å². The van der Waals surface area contributed by atoms with Gasteiger partial charge in [-0.25, -0.2) is 4.79 Å². The van der Waals surface area contributed by atoms with Gasteiger partial charge in [0.15, 0.2) is 0 Å². The van der Waals surface area contributed by atoms with Crippen LogP contribution < -0.4 is 0 Å². The molecule has 230 valence electrons. The number of carbonyl (C=O) groups is 2. The maximum absolute atomic E-state index is 14.4. The number of ether oxygens (including phenoxy) is 1. The second-order valence-corrected chi connectivity index (χ2v) is 16.0. The smallest absolute Gasteiger partial charge is 0.338 e. The average Bonchev–Trinajstić information content (AvgIpc) is 3.17. The molecule has 3 fully saturated rings. The van der Waals surface area contributed by atoms with Gasteiger partial charge in [-0.05, 0) is 91.1 Å². The van der Waals surface area contributed by atoms with E-state index in [0.717, 1.165) is 50.9 Å². The fourth-order valence-electron chi connectivity index (χ4n) is 10.9. The Morgan fingerprint density at radius 3 is 2.43 bits per heavy atom. The summed E-state index contributed by atoms with van der Waals surface area (Å²) in [6.45, 7) is 20.9. The minimum Gasteiger partial charge on any atom is -0.458 e. The second-order valence-electron chi connectivity index (χ2n) is 16.0. The zero-order chi connectivity index (χ0) is 30.5. The fourth-order valence-corrected chi connectivity index (χ4v) is 10.9. The van der Waals surface area contributed by atoms with Crippen LogP contribution in [-0.4, -0.2) is 17.9 Å².